The molecule has 1 aromatic carbocycles. The zero-order valence-corrected chi connectivity index (χ0v) is 10.5. The van der Waals surface area contributed by atoms with Crippen molar-refractivity contribution in [3.8, 4) is 0 Å². The van der Waals surface area contributed by atoms with Gasteiger partial charge in [0.1, 0.15) is 0 Å². The Kier molecular flexibility index (Phi) is 3.92. The Morgan fingerprint density at radius 3 is 2.00 bits per heavy atom. The first-order valence-electron chi connectivity index (χ1n) is 5.66. The van der Waals surface area contributed by atoms with Gasteiger partial charge >= 0.3 is 0 Å². The Hall–Kier alpha value is -0.820. The largest absolute Gasteiger partial charge is 0.396 e. The Morgan fingerprint density at radius 2 is 1.53 bits per heavy atom. The first kappa shape index (κ1) is 12.3. The molecule has 0 saturated heterocycles. The molecule has 1 nitrogen and oxygen atoms in total. The van der Waals surface area contributed by atoms with E-state index in [0.717, 1.165) is 0 Å². The second-order valence-electron chi connectivity index (χ2n) is 4.83. The summed E-state index contributed by atoms with van der Waals surface area (Å²) in [6, 6.07) is 4.45. The maximum Gasteiger partial charge on any atom is 0.0502 e. The molecular weight excluding hydrogens is 184 g/mol. The smallest absolute Gasteiger partial charge is 0.0502 e. The van der Waals surface area contributed by atoms with Crippen LogP contribution >= 0.6 is 0 Å². The Morgan fingerprint density at radius 1 is 1.00 bits per heavy atom. The molecule has 0 radical (unpaired) electrons. The summed E-state index contributed by atoms with van der Waals surface area (Å²) in [5, 5.41) is 9.43. The van der Waals surface area contributed by atoms with Crippen LogP contribution in [0.2, 0.25) is 0 Å². The summed E-state index contributed by atoms with van der Waals surface area (Å²) in [6.07, 6.45) is 0. The molecule has 1 atom stereocenters. The van der Waals surface area contributed by atoms with E-state index in [-0.39, 0.29) is 12.5 Å². The second-order valence-corrected chi connectivity index (χ2v) is 4.83. The highest BCUT2D eigenvalue weighted by Crippen LogP contribution is 2.28. The summed E-state index contributed by atoms with van der Waals surface area (Å²) in [5.41, 5.74) is 5.24. The zero-order valence-electron chi connectivity index (χ0n) is 10.5. The van der Waals surface area contributed by atoms with Crippen molar-refractivity contribution in [3.05, 3.63) is 34.4 Å². The molecule has 0 fully saturated rings. The molecule has 1 unspecified atom stereocenters. The van der Waals surface area contributed by atoms with Crippen LogP contribution in [-0.2, 0) is 0 Å². The van der Waals surface area contributed by atoms with Crippen LogP contribution in [0.5, 0.6) is 0 Å². The van der Waals surface area contributed by atoms with Gasteiger partial charge in [-0.1, -0.05) is 26.0 Å². The SMILES string of the molecule is Cc1cc(C)c(C(CO)C(C)C)cc1C. The van der Waals surface area contributed by atoms with Crippen molar-refractivity contribution in [1.82, 2.24) is 0 Å². The van der Waals surface area contributed by atoms with E-state index in [1.54, 1.807) is 0 Å². The van der Waals surface area contributed by atoms with Gasteiger partial charge < -0.3 is 5.11 Å². The number of aryl methyl sites for hydroxylation is 3. The molecule has 0 aliphatic carbocycles. The van der Waals surface area contributed by atoms with Crippen molar-refractivity contribution in [2.24, 2.45) is 5.92 Å². The van der Waals surface area contributed by atoms with Crippen LogP contribution in [-0.4, -0.2) is 11.7 Å². The highest BCUT2D eigenvalue weighted by molar-refractivity contribution is 5.38. The quantitative estimate of drug-likeness (QED) is 0.804. The van der Waals surface area contributed by atoms with Gasteiger partial charge in [-0.2, -0.15) is 0 Å². The van der Waals surface area contributed by atoms with Gasteiger partial charge in [-0.15, -0.1) is 0 Å². The average molecular weight is 206 g/mol. The number of aliphatic hydroxyl groups is 1. The molecule has 0 spiro atoms. The van der Waals surface area contributed by atoms with Crippen LogP contribution in [0.3, 0.4) is 0 Å². The van der Waals surface area contributed by atoms with Gasteiger partial charge in [-0.3, -0.25) is 0 Å². The van der Waals surface area contributed by atoms with Crippen LogP contribution in [0.4, 0.5) is 0 Å². The molecule has 0 aliphatic rings. The van der Waals surface area contributed by atoms with Gasteiger partial charge in [0.05, 0.1) is 6.61 Å². The molecule has 0 saturated carbocycles. The van der Waals surface area contributed by atoms with Crippen molar-refractivity contribution in [2.75, 3.05) is 6.61 Å². The van der Waals surface area contributed by atoms with E-state index in [0.29, 0.717) is 5.92 Å². The lowest BCUT2D eigenvalue weighted by Crippen LogP contribution is -2.13. The summed E-state index contributed by atoms with van der Waals surface area (Å²) in [7, 11) is 0. The summed E-state index contributed by atoms with van der Waals surface area (Å²) >= 11 is 0. The van der Waals surface area contributed by atoms with Crippen LogP contribution in [0.15, 0.2) is 12.1 Å². The fourth-order valence-electron chi connectivity index (χ4n) is 2.05. The highest BCUT2D eigenvalue weighted by atomic mass is 16.3. The molecule has 1 aromatic rings. The Labute approximate surface area is 93.1 Å². The van der Waals surface area contributed by atoms with Crippen LogP contribution in [0.25, 0.3) is 0 Å². The number of hydrogen-bond donors (Lipinski definition) is 1. The molecule has 0 bridgehead atoms. The van der Waals surface area contributed by atoms with Crippen molar-refractivity contribution in [2.45, 2.75) is 40.5 Å². The first-order valence-corrected chi connectivity index (χ1v) is 5.66. The molecule has 0 aliphatic heterocycles. The van der Waals surface area contributed by atoms with Gasteiger partial charge in [0, 0.05) is 5.92 Å². The summed E-state index contributed by atoms with van der Waals surface area (Å²) < 4.78 is 0. The molecular formula is C14H22O. The van der Waals surface area contributed by atoms with Gasteiger partial charge in [-0.05, 0) is 48.9 Å². The molecule has 0 amide bonds. The molecule has 0 heterocycles. The van der Waals surface area contributed by atoms with Crippen molar-refractivity contribution in [1.29, 1.82) is 0 Å². The normalized spacial score (nSPS) is 13.3. The number of hydrogen-bond acceptors (Lipinski definition) is 1. The van der Waals surface area contributed by atoms with E-state index >= 15 is 0 Å². The van der Waals surface area contributed by atoms with E-state index in [2.05, 4.69) is 46.8 Å². The van der Waals surface area contributed by atoms with Gasteiger partial charge in [-0.25, -0.2) is 0 Å². The van der Waals surface area contributed by atoms with Crippen molar-refractivity contribution in [3.63, 3.8) is 0 Å². The molecule has 1 N–H and O–H groups in total. The number of benzene rings is 1. The Balaban J connectivity index is 3.18. The lowest BCUT2D eigenvalue weighted by atomic mass is 9.85. The molecule has 84 valence electrons. The van der Waals surface area contributed by atoms with Crippen molar-refractivity contribution >= 4 is 0 Å². The minimum absolute atomic E-state index is 0.237. The van der Waals surface area contributed by atoms with Gasteiger partial charge in [0.15, 0.2) is 0 Å². The minimum atomic E-state index is 0.237. The topological polar surface area (TPSA) is 20.2 Å². The lowest BCUT2D eigenvalue weighted by molar-refractivity contribution is 0.237. The van der Waals surface area contributed by atoms with E-state index in [9.17, 15) is 5.11 Å². The number of aliphatic hydroxyl groups excluding tert-OH is 1. The van der Waals surface area contributed by atoms with Crippen molar-refractivity contribution < 1.29 is 5.11 Å². The monoisotopic (exact) mass is 206 g/mol. The molecule has 0 aromatic heterocycles. The van der Waals surface area contributed by atoms with Crippen LogP contribution in [0, 0.1) is 26.7 Å². The van der Waals surface area contributed by atoms with E-state index in [1.165, 1.54) is 22.3 Å². The summed E-state index contributed by atoms with van der Waals surface area (Å²) in [4.78, 5) is 0. The summed E-state index contributed by atoms with van der Waals surface area (Å²) in [5.74, 6) is 0.750. The number of rotatable bonds is 3. The standard InChI is InChI=1S/C14H22O/c1-9(2)14(8-15)13-7-11(4)10(3)6-12(13)5/h6-7,9,14-15H,8H2,1-5H3. The first-order chi connectivity index (χ1) is 6.97. The predicted octanol–water partition coefficient (Wildman–Crippen LogP) is 3.34. The van der Waals surface area contributed by atoms with E-state index in [1.807, 2.05) is 0 Å². The zero-order chi connectivity index (χ0) is 11.6. The fourth-order valence-corrected chi connectivity index (χ4v) is 2.05. The van der Waals surface area contributed by atoms with E-state index < -0.39 is 0 Å². The molecule has 1 heteroatoms. The van der Waals surface area contributed by atoms with E-state index in [4.69, 9.17) is 0 Å². The van der Waals surface area contributed by atoms with Gasteiger partial charge in [0.25, 0.3) is 0 Å². The fraction of sp³-hybridized carbons (Fsp3) is 0.571. The Bertz CT molecular complexity index is 339. The average Bonchev–Trinajstić information content (AvgIpc) is 2.14. The summed E-state index contributed by atoms with van der Waals surface area (Å²) in [6.45, 7) is 11.0. The van der Waals surface area contributed by atoms with Crippen LogP contribution < -0.4 is 0 Å². The van der Waals surface area contributed by atoms with Gasteiger partial charge in [0.2, 0.25) is 0 Å². The van der Waals surface area contributed by atoms with Crippen LogP contribution in [0.1, 0.15) is 42.0 Å². The lowest BCUT2D eigenvalue weighted by Gasteiger charge is -2.22. The third-order valence-electron chi connectivity index (χ3n) is 3.28. The minimum Gasteiger partial charge on any atom is -0.396 e. The second kappa shape index (κ2) is 4.80. The molecule has 1 rings (SSSR count). The highest BCUT2D eigenvalue weighted by Gasteiger charge is 2.17. The predicted molar refractivity (Wildman–Crippen MR) is 65.3 cm³/mol. The maximum atomic E-state index is 9.43. The molecule has 15 heavy (non-hydrogen) atoms. The maximum absolute atomic E-state index is 9.43. The third kappa shape index (κ3) is 2.60. The third-order valence-corrected chi connectivity index (χ3v) is 3.28.